The van der Waals surface area contributed by atoms with E-state index in [2.05, 4.69) is 50.9 Å². The van der Waals surface area contributed by atoms with Crippen molar-refractivity contribution in [3.8, 4) is 5.75 Å². The topological polar surface area (TPSA) is 93.8 Å². The summed E-state index contributed by atoms with van der Waals surface area (Å²) in [5.74, 6) is 3.37. The van der Waals surface area contributed by atoms with E-state index in [1.165, 1.54) is 5.56 Å². The van der Waals surface area contributed by atoms with E-state index in [4.69, 9.17) is 14.0 Å². The Morgan fingerprint density at radius 1 is 1.31 bits per heavy atom. The quantitative estimate of drug-likeness (QED) is 0.317. The van der Waals surface area contributed by atoms with E-state index in [0.29, 0.717) is 49.7 Å². The Kier molecular flexibility index (Phi) is 9.65. The number of benzene rings is 1. The molecule has 1 aliphatic rings. The highest BCUT2D eigenvalue weighted by Crippen LogP contribution is 2.22. The Hall–Kier alpha value is -1.88. The SMILES string of the molecule is CN=C(NCCc1nc(C)no1)NCc1ccc(C)cc1OCC1CCOC1.I. The van der Waals surface area contributed by atoms with E-state index in [-0.39, 0.29) is 24.0 Å². The summed E-state index contributed by atoms with van der Waals surface area (Å²) in [5, 5.41) is 10.4. The highest BCUT2D eigenvalue weighted by Gasteiger charge is 2.17. The van der Waals surface area contributed by atoms with E-state index < -0.39 is 0 Å². The van der Waals surface area contributed by atoms with Gasteiger partial charge in [-0.2, -0.15) is 4.98 Å². The monoisotopic (exact) mass is 515 g/mol. The zero-order valence-corrected chi connectivity index (χ0v) is 19.6. The van der Waals surface area contributed by atoms with Gasteiger partial charge < -0.3 is 24.6 Å². The van der Waals surface area contributed by atoms with Crippen LogP contribution in [-0.2, 0) is 17.7 Å². The minimum Gasteiger partial charge on any atom is -0.493 e. The van der Waals surface area contributed by atoms with Gasteiger partial charge in [0.2, 0.25) is 5.89 Å². The lowest BCUT2D eigenvalue weighted by Gasteiger charge is -2.16. The van der Waals surface area contributed by atoms with Gasteiger partial charge in [0.25, 0.3) is 0 Å². The molecule has 0 spiro atoms. The minimum absolute atomic E-state index is 0. The van der Waals surface area contributed by atoms with Gasteiger partial charge >= 0.3 is 0 Å². The second kappa shape index (κ2) is 12.0. The van der Waals surface area contributed by atoms with Crippen molar-refractivity contribution in [2.24, 2.45) is 10.9 Å². The Bertz CT molecular complexity index is 790. The molecular formula is C20H30IN5O3. The third-order valence-electron chi connectivity index (χ3n) is 4.59. The number of halogens is 1. The van der Waals surface area contributed by atoms with Crippen LogP contribution < -0.4 is 15.4 Å². The van der Waals surface area contributed by atoms with Crippen LogP contribution in [0.2, 0.25) is 0 Å². The van der Waals surface area contributed by atoms with Gasteiger partial charge in [0.1, 0.15) is 5.75 Å². The summed E-state index contributed by atoms with van der Waals surface area (Å²) in [6.45, 7) is 7.46. The van der Waals surface area contributed by atoms with Crippen molar-refractivity contribution < 1.29 is 14.0 Å². The minimum atomic E-state index is 0. The second-order valence-corrected chi connectivity index (χ2v) is 6.99. The smallest absolute Gasteiger partial charge is 0.228 e. The molecule has 1 aromatic heterocycles. The summed E-state index contributed by atoms with van der Waals surface area (Å²) in [5.41, 5.74) is 2.28. The molecule has 2 aromatic rings. The normalized spacial score (nSPS) is 16.4. The summed E-state index contributed by atoms with van der Waals surface area (Å²) in [4.78, 5) is 8.46. The second-order valence-electron chi connectivity index (χ2n) is 6.99. The zero-order chi connectivity index (χ0) is 19.8. The molecule has 29 heavy (non-hydrogen) atoms. The molecule has 0 saturated carbocycles. The van der Waals surface area contributed by atoms with E-state index in [0.717, 1.165) is 30.9 Å². The van der Waals surface area contributed by atoms with E-state index >= 15 is 0 Å². The Labute approximate surface area is 188 Å². The molecule has 1 atom stereocenters. The number of hydrogen-bond acceptors (Lipinski definition) is 6. The van der Waals surface area contributed by atoms with E-state index in [1.54, 1.807) is 7.05 Å². The lowest BCUT2D eigenvalue weighted by Crippen LogP contribution is -2.38. The van der Waals surface area contributed by atoms with Crippen molar-refractivity contribution >= 4 is 29.9 Å². The van der Waals surface area contributed by atoms with Gasteiger partial charge in [0.15, 0.2) is 11.8 Å². The van der Waals surface area contributed by atoms with Gasteiger partial charge in [-0.3, -0.25) is 4.99 Å². The van der Waals surface area contributed by atoms with Crippen molar-refractivity contribution in [1.29, 1.82) is 0 Å². The number of ether oxygens (including phenoxy) is 2. The van der Waals surface area contributed by atoms with Gasteiger partial charge in [0.05, 0.1) is 13.2 Å². The first kappa shape index (κ1) is 23.4. The maximum atomic E-state index is 6.10. The third-order valence-corrected chi connectivity index (χ3v) is 4.59. The van der Waals surface area contributed by atoms with Crippen molar-refractivity contribution in [2.75, 3.05) is 33.4 Å². The van der Waals surface area contributed by atoms with Crippen LogP contribution in [0, 0.1) is 19.8 Å². The number of rotatable bonds is 8. The molecule has 1 aliphatic heterocycles. The summed E-state index contributed by atoms with van der Waals surface area (Å²) >= 11 is 0. The Morgan fingerprint density at radius 2 is 2.17 bits per heavy atom. The summed E-state index contributed by atoms with van der Waals surface area (Å²) in [7, 11) is 1.75. The number of aromatic nitrogens is 2. The summed E-state index contributed by atoms with van der Waals surface area (Å²) < 4.78 is 16.7. The van der Waals surface area contributed by atoms with Crippen molar-refractivity contribution in [1.82, 2.24) is 20.8 Å². The summed E-state index contributed by atoms with van der Waals surface area (Å²) in [6.07, 6.45) is 1.71. The molecule has 2 N–H and O–H groups in total. The van der Waals surface area contributed by atoms with Crippen LogP contribution in [0.15, 0.2) is 27.7 Å². The molecule has 1 saturated heterocycles. The molecule has 0 aliphatic carbocycles. The predicted molar refractivity (Wildman–Crippen MR) is 122 cm³/mol. The fraction of sp³-hybridized carbons (Fsp3) is 0.550. The van der Waals surface area contributed by atoms with Gasteiger partial charge in [-0.25, -0.2) is 0 Å². The molecule has 0 radical (unpaired) electrons. The van der Waals surface area contributed by atoms with Crippen LogP contribution in [-0.4, -0.2) is 49.5 Å². The van der Waals surface area contributed by atoms with Gasteiger partial charge in [-0.05, 0) is 31.9 Å². The van der Waals surface area contributed by atoms with E-state index in [1.807, 2.05) is 6.92 Å². The molecule has 8 nitrogen and oxygen atoms in total. The molecule has 160 valence electrons. The molecule has 0 bridgehead atoms. The number of hydrogen-bond donors (Lipinski definition) is 2. The van der Waals surface area contributed by atoms with Gasteiger partial charge in [-0.15, -0.1) is 24.0 Å². The zero-order valence-electron chi connectivity index (χ0n) is 17.2. The lowest BCUT2D eigenvalue weighted by molar-refractivity contribution is 0.166. The van der Waals surface area contributed by atoms with Crippen LogP contribution >= 0.6 is 24.0 Å². The molecule has 0 amide bonds. The standard InChI is InChI=1S/C20H29N5O3.HI/c1-14-4-5-17(18(10-14)27-13-16-7-9-26-12-16)11-23-20(21-3)22-8-6-19-24-15(2)25-28-19;/h4-5,10,16H,6-9,11-13H2,1-3H3,(H2,21,22,23);1H. The number of guanidine groups is 1. The first-order valence-electron chi connectivity index (χ1n) is 9.68. The molecule has 3 rings (SSSR count). The average molecular weight is 515 g/mol. The van der Waals surface area contributed by atoms with Crippen LogP contribution in [0.25, 0.3) is 0 Å². The molecule has 9 heteroatoms. The fourth-order valence-electron chi connectivity index (χ4n) is 2.99. The average Bonchev–Trinajstić information content (AvgIpc) is 3.35. The van der Waals surface area contributed by atoms with Crippen molar-refractivity contribution in [3.05, 3.63) is 41.0 Å². The summed E-state index contributed by atoms with van der Waals surface area (Å²) in [6, 6.07) is 6.27. The number of nitrogens with zero attached hydrogens (tertiary/aromatic N) is 3. The third kappa shape index (κ3) is 7.46. The van der Waals surface area contributed by atoms with Crippen molar-refractivity contribution in [3.63, 3.8) is 0 Å². The number of nitrogens with one attached hydrogen (secondary N) is 2. The van der Waals surface area contributed by atoms with Gasteiger partial charge in [0, 0.05) is 44.6 Å². The maximum absolute atomic E-state index is 6.10. The highest BCUT2D eigenvalue weighted by molar-refractivity contribution is 14.0. The van der Waals surface area contributed by atoms with E-state index in [9.17, 15) is 0 Å². The van der Waals surface area contributed by atoms with Crippen LogP contribution in [0.1, 0.15) is 29.3 Å². The molecule has 1 aromatic carbocycles. The number of aryl methyl sites for hydroxylation is 2. The van der Waals surface area contributed by atoms with Crippen LogP contribution in [0.5, 0.6) is 5.75 Å². The molecule has 1 fully saturated rings. The molecule has 2 heterocycles. The highest BCUT2D eigenvalue weighted by atomic mass is 127. The first-order chi connectivity index (χ1) is 13.6. The number of aliphatic imine (C=N–C) groups is 1. The van der Waals surface area contributed by atoms with Crippen LogP contribution in [0.4, 0.5) is 0 Å². The Morgan fingerprint density at radius 3 is 2.86 bits per heavy atom. The Balaban J connectivity index is 0.00000300. The van der Waals surface area contributed by atoms with Crippen LogP contribution in [0.3, 0.4) is 0 Å². The van der Waals surface area contributed by atoms with Gasteiger partial charge in [-0.1, -0.05) is 17.3 Å². The first-order valence-corrected chi connectivity index (χ1v) is 9.68. The lowest BCUT2D eigenvalue weighted by atomic mass is 10.1. The van der Waals surface area contributed by atoms with Crippen molar-refractivity contribution in [2.45, 2.75) is 33.2 Å². The maximum Gasteiger partial charge on any atom is 0.228 e. The molecule has 1 unspecified atom stereocenters. The largest absolute Gasteiger partial charge is 0.493 e. The fourth-order valence-corrected chi connectivity index (χ4v) is 2.99. The predicted octanol–water partition coefficient (Wildman–Crippen LogP) is 2.63. The molecular weight excluding hydrogens is 485 g/mol.